The first-order valence-corrected chi connectivity index (χ1v) is 8.81. The number of hydrogen-bond donors (Lipinski definition) is 2. The first-order chi connectivity index (χ1) is 9.09. The van der Waals surface area contributed by atoms with Crippen molar-refractivity contribution >= 4 is 7.72 Å². The van der Waals surface area contributed by atoms with Gasteiger partial charge in [0.05, 0.1) is 0 Å². The van der Waals surface area contributed by atoms with Crippen LogP contribution in [-0.2, 0) is 6.42 Å². The molecule has 3 heteroatoms. The molecule has 0 saturated heterocycles. The molecule has 0 spiro atoms. The molecule has 0 radical (unpaired) electrons. The average Bonchev–Trinajstić information content (AvgIpc) is 2.46. The van der Waals surface area contributed by atoms with Gasteiger partial charge >= 0.3 is 114 Å². The van der Waals surface area contributed by atoms with Crippen LogP contribution in [0.2, 0.25) is 0 Å². The summed E-state index contributed by atoms with van der Waals surface area (Å²) in [7, 11) is -3.23. The Balaban J connectivity index is 2.02. The van der Waals surface area contributed by atoms with Gasteiger partial charge in [-0.2, -0.15) is 0 Å². The monoisotopic (exact) mass is 276 g/mol. The van der Waals surface area contributed by atoms with Crippen molar-refractivity contribution in [2.24, 2.45) is 0 Å². The molecule has 19 heavy (non-hydrogen) atoms. The van der Waals surface area contributed by atoms with Crippen LogP contribution in [0.4, 0.5) is 0 Å². The summed E-state index contributed by atoms with van der Waals surface area (Å²) in [5.41, 5.74) is 1.99. The summed E-state index contributed by atoms with van der Waals surface area (Å²) in [6, 6.07) is 19.7. The van der Waals surface area contributed by atoms with Crippen LogP contribution in [0, 0.1) is 0 Å². The van der Waals surface area contributed by atoms with E-state index < -0.39 is 7.72 Å². The molecular weight excluding hydrogens is 255 g/mol. The molecule has 2 N–H and O–H groups in total. The van der Waals surface area contributed by atoms with E-state index in [0.29, 0.717) is 6.16 Å². The second kappa shape index (κ2) is 6.29. The van der Waals surface area contributed by atoms with Crippen LogP contribution in [0.5, 0.6) is 0 Å². The van der Waals surface area contributed by atoms with Gasteiger partial charge in [-0.3, -0.25) is 0 Å². The second-order valence-electron chi connectivity index (χ2n) is 5.00. The maximum absolute atomic E-state index is 10.4. The van der Waals surface area contributed by atoms with Crippen molar-refractivity contribution in [2.75, 3.05) is 6.16 Å². The van der Waals surface area contributed by atoms with Crippen LogP contribution in [0.25, 0.3) is 0 Å². The zero-order chi connectivity index (χ0) is 13.7. The van der Waals surface area contributed by atoms with Crippen molar-refractivity contribution in [1.29, 1.82) is 0 Å². The van der Waals surface area contributed by atoms with E-state index in [2.05, 4.69) is 0 Å². The van der Waals surface area contributed by atoms with Gasteiger partial charge in [0.2, 0.25) is 0 Å². The van der Waals surface area contributed by atoms with Crippen LogP contribution >= 0.6 is 7.72 Å². The van der Waals surface area contributed by atoms with E-state index in [1.807, 2.05) is 67.6 Å². The predicted molar refractivity (Wildman–Crippen MR) is 82.6 cm³/mol. The fourth-order valence-electron chi connectivity index (χ4n) is 2.20. The molecule has 2 aromatic carbocycles. The fraction of sp³-hybridized carbons (Fsp3) is 0.250. The van der Waals surface area contributed by atoms with Gasteiger partial charge in [0, 0.05) is 0 Å². The summed E-state index contributed by atoms with van der Waals surface area (Å²) in [6.07, 6.45) is 1.18. The van der Waals surface area contributed by atoms with Gasteiger partial charge in [0.1, 0.15) is 0 Å². The van der Waals surface area contributed by atoms with Gasteiger partial charge in [-0.15, -0.1) is 0 Å². The molecule has 0 heterocycles. The van der Waals surface area contributed by atoms with Crippen LogP contribution in [0.3, 0.4) is 0 Å². The van der Waals surface area contributed by atoms with Crippen LogP contribution in [0.1, 0.15) is 23.7 Å². The van der Waals surface area contributed by atoms with Gasteiger partial charge in [-0.25, -0.2) is 0 Å². The topological polar surface area (TPSA) is 40.5 Å². The molecular formula is C16H21O2P. The van der Waals surface area contributed by atoms with E-state index in [4.69, 9.17) is 0 Å². The summed E-state index contributed by atoms with van der Waals surface area (Å²) in [5, 5.41) is 0. The standard InChI is InChI=1S/C16H21O2P/c1-14(16-10-6-3-7-11-16)19(17,18)13-12-15-8-4-2-5-9-15/h2-11,14,17-19H,12-13H2,1H3. The number of hydrogen-bond acceptors (Lipinski definition) is 2. The Bertz CT molecular complexity index is 497. The Kier molecular flexibility index (Phi) is 4.71. The molecule has 1 unspecified atom stereocenters. The van der Waals surface area contributed by atoms with Crippen molar-refractivity contribution in [3.8, 4) is 0 Å². The van der Waals surface area contributed by atoms with Gasteiger partial charge < -0.3 is 0 Å². The average molecular weight is 276 g/mol. The molecule has 2 nitrogen and oxygen atoms in total. The molecule has 0 aromatic heterocycles. The van der Waals surface area contributed by atoms with Crippen molar-refractivity contribution in [2.45, 2.75) is 19.0 Å². The Hall–Kier alpha value is -1.21. The molecule has 0 aliphatic carbocycles. The molecule has 0 aliphatic heterocycles. The molecule has 0 aliphatic rings. The number of aryl methyl sites for hydroxylation is 1. The SMILES string of the molecule is CC(c1ccccc1)[PH](O)(O)CCc1ccccc1. The van der Waals surface area contributed by atoms with Crippen LogP contribution < -0.4 is 0 Å². The van der Waals surface area contributed by atoms with Gasteiger partial charge in [-0.1, -0.05) is 0 Å². The Labute approximate surface area is 115 Å². The molecule has 2 aromatic rings. The van der Waals surface area contributed by atoms with E-state index in [0.717, 1.165) is 17.5 Å². The first kappa shape index (κ1) is 14.2. The van der Waals surface area contributed by atoms with E-state index in [1.54, 1.807) is 0 Å². The number of benzene rings is 2. The zero-order valence-corrected chi connectivity index (χ0v) is 12.2. The molecule has 0 bridgehead atoms. The van der Waals surface area contributed by atoms with Crippen LogP contribution in [-0.4, -0.2) is 15.9 Å². The summed E-state index contributed by atoms with van der Waals surface area (Å²) >= 11 is 0. The third-order valence-electron chi connectivity index (χ3n) is 3.62. The third kappa shape index (κ3) is 3.87. The molecule has 1 atom stereocenters. The predicted octanol–water partition coefficient (Wildman–Crippen LogP) is 3.55. The third-order valence-corrected chi connectivity index (χ3v) is 6.32. The number of rotatable bonds is 5. The normalized spacial score (nSPS) is 14.1. The quantitative estimate of drug-likeness (QED) is 0.820. The van der Waals surface area contributed by atoms with Gasteiger partial charge in [-0.05, 0) is 0 Å². The van der Waals surface area contributed by atoms with Crippen LogP contribution in [0.15, 0.2) is 60.7 Å². The molecule has 0 fully saturated rings. The minimum atomic E-state index is -3.23. The van der Waals surface area contributed by atoms with E-state index in [9.17, 15) is 9.79 Å². The fourth-order valence-corrected chi connectivity index (χ4v) is 4.01. The summed E-state index contributed by atoms with van der Waals surface area (Å²) in [6.45, 7) is 1.91. The summed E-state index contributed by atoms with van der Waals surface area (Å²) in [4.78, 5) is 20.8. The van der Waals surface area contributed by atoms with E-state index in [-0.39, 0.29) is 5.66 Å². The van der Waals surface area contributed by atoms with Crippen molar-refractivity contribution in [3.05, 3.63) is 71.8 Å². The Morgan fingerprint density at radius 3 is 2.00 bits per heavy atom. The van der Waals surface area contributed by atoms with E-state index in [1.165, 1.54) is 0 Å². The summed E-state index contributed by atoms with van der Waals surface area (Å²) < 4.78 is 0. The molecule has 102 valence electrons. The van der Waals surface area contributed by atoms with Crippen molar-refractivity contribution < 1.29 is 9.79 Å². The molecule has 2 rings (SSSR count). The molecule has 0 amide bonds. The second-order valence-corrected chi connectivity index (χ2v) is 8.12. The maximum atomic E-state index is 10.4. The van der Waals surface area contributed by atoms with Gasteiger partial charge in [0.15, 0.2) is 0 Å². The van der Waals surface area contributed by atoms with Crippen molar-refractivity contribution in [3.63, 3.8) is 0 Å². The zero-order valence-electron chi connectivity index (χ0n) is 11.2. The Morgan fingerprint density at radius 1 is 0.895 bits per heavy atom. The Morgan fingerprint density at radius 2 is 1.42 bits per heavy atom. The van der Waals surface area contributed by atoms with Crippen molar-refractivity contribution in [1.82, 2.24) is 0 Å². The van der Waals surface area contributed by atoms with Gasteiger partial charge in [0.25, 0.3) is 0 Å². The minimum absolute atomic E-state index is 0.169. The molecule has 0 saturated carbocycles. The first-order valence-electron chi connectivity index (χ1n) is 6.63. The van der Waals surface area contributed by atoms with E-state index >= 15 is 0 Å². The summed E-state index contributed by atoms with van der Waals surface area (Å²) in [5.74, 6) is 0.